The van der Waals surface area contributed by atoms with Crippen LogP contribution in [-0.4, -0.2) is 0 Å². The molecule has 0 saturated carbocycles. The molecule has 0 atom stereocenters. The van der Waals surface area contributed by atoms with Crippen LogP contribution in [0.15, 0.2) is 48.6 Å². The molecule has 0 amide bonds. The van der Waals surface area contributed by atoms with E-state index >= 15 is 0 Å². The van der Waals surface area contributed by atoms with E-state index in [0.717, 1.165) is 11.8 Å². The molecule has 0 aromatic rings. The first-order valence-corrected chi connectivity index (χ1v) is 17.3. The lowest BCUT2D eigenvalue weighted by atomic mass is 9.87. The molecule has 222 valence electrons. The highest BCUT2D eigenvalue weighted by Gasteiger charge is 2.11. The van der Waals surface area contributed by atoms with Crippen molar-refractivity contribution in [3.63, 3.8) is 0 Å². The minimum atomic E-state index is 0.797. The third-order valence-corrected chi connectivity index (χ3v) is 7.95. The molecule has 0 N–H and O–H groups in total. The minimum Gasteiger partial charge on any atom is -0.0885 e. The van der Waals surface area contributed by atoms with Crippen molar-refractivity contribution in [3.8, 4) is 0 Å². The molecular formula is C38H70. The van der Waals surface area contributed by atoms with Crippen LogP contribution >= 0.6 is 0 Å². The summed E-state index contributed by atoms with van der Waals surface area (Å²) in [6.07, 6.45) is 51.6. The van der Waals surface area contributed by atoms with Gasteiger partial charge in [0.1, 0.15) is 0 Å². The minimum absolute atomic E-state index is 0.797. The highest BCUT2D eigenvalue weighted by atomic mass is 14.2. The van der Waals surface area contributed by atoms with Gasteiger partial charge in [0.05, 0.1) is 0 Å². The standard InChI is InChI=1S/C38H70/c1-5-7-9-11-13-15-17-19-21-23-25-27-29-31-33-35-38(37(3)4)36-34-32-30-28-26-24-22-20-18-16-14-12-10-8-6-2/h19-22,29-32,37-38H,5-18,23-28,33-36H2,1-4H3/b21-19+,22-20+,31-29+,32-30+. The van der Waals surface area contributed by atoms with Crippen molar-refractivity contribution in [1.29, 1.82) is 0 Å². The second kappa shape index (κ2) is 32.2. The highest BCUT2D eigenvalue weighted by Crippen LogP contribution is 2.23. The van der Waals surface area contributed by atoms with Gasteiger partial charge >= 0.3 is 0 Å². The Morgan fingerprint density at radius 2 is 0.632 bits per heavy atom. The summed E-state index contributed by atoms with van der Waals surface area (Å²) < 4.78 is 0. The molecule has 0 spiro atoms. The van der Waals surface area contributed by atoms with Crippen molar-refractivity contribution in [2.24, 2.45) is 11.8 Å². The zero-order valence-corrected chi connectivity index (χ0v) is 26.7. The summed E-state index contributed by atoms with van der Waals surface area (Å²) >= 11 is 0. The lowest BCUT2D eigenvalue weighted by Gasteiger charge is -2.19. The number of hydrogen-bond donors (Lipinski definition) is 0. The van der Waals surface area contributed by atoms with Crippen LogP contribution in [0, 0.1) is 11.8 Å². The van der Waals surface area contributed by atoms with Crippen molar-refractivity contribution >= 4 is 0 Å². The molecule has 0 rings (SSSR count). The Balaban J connectivity index is 3.65. The SMILES string of the molecule is CCCCCCCC/C=C/CCC/C=C/CCC(CC/C=C/CCC/C=C/CCCCCCCC)C(C)C. The van der Waals surface area contributed by atoms with E-state index in [1.807, 2.05) is 0 Å². The molecule has 0 saturated heterocycles. The first kappa shape index (κ1) is 37.0. The fraction of sp³-hybridized carbons (Fsp3) is 0.789. The lowest BCUT2D eigenvalue weighted by Crippen LogP contribution is -2.08. The topological polar surface area (TPSA) is 0 Å². The number of hydrogen-bond acceptors (Lipinski definition) is 0. The van der Waals surface area contributed by atoms with Gasteiger partial charge in [-0.15, -0.1) is 0 Å². The van der Waals surface area contributed by atoms with E-state index in [1.54, 1.807) is 0 Å². The van der Waals surface area contributed by atoms with Crippen molar-refractivity contribution in [1.82, 2.24) is 0 Å². The predicted octanol–water partition coefficient (Wildman–Crippen LogP) is 13.9. The van der Waals surface area contributed by atoms with Gasteiger partial charge in [0.25, 0.3) is 0 Å². The molecule has 0 radical (unpaired) electrons. The monoisotopic (exact) mass is 527 g/mol. The zero-order chi connectivity index (χ0) is 27.8. The summed E-state index contributed by atoms with van der Waals surface area (Å²) in [5, 5.41) is 0. The van der Waals surface area contributed by atoms with Gasteiger partial charge in [-0.1, -0.05) is 141 Å². The van der Waals surface area contributed by atoms with Gasteiger partial charge in [0.2, 0.25) is 0 Å². The second-order valence-electron chi connectivity index (χ2n) is 12.0. The van der Waals surface area contributed by atoms with Crippen LogP contribution in [0.25, 0.3) is 0 Å². The van der Waals surface area contributed by atoms with Crippen LogP contribution in [0.1, 0.15) is 182 Å². The molecule has 0 nitrogen and oxygen atoms in total. The number of unbranched alkanes of at least 4 members (excludes halogenated alkanes) is 16. The van der Waals surface area contributed by atoms with Crippen molar-refractivity contribution in [3.05, 3.63) is 48.6 Å². The molecule has 38 heavy (non-hydrogen) atoms. The fourth-order valence-electron chi connectivity index (χ4n) is 5.17. The van der Waals surface area contributed by atoms with Gasteiger partial charge in [0, 0.05) is 0 Å². The van der Waals surface area contributed by atoms with Gasteiger partial charge in [-0.2, -0.15) is 0 Å². The third kappa shape index (κ3) is 29.5. The summed E-state index contributed by atoms with van der Waals surface area (Å²) in [5.74, 6) is 1.66. The molecular weight excluding hydrogens is 456 g/mol. The van der Waals surface area contributed by atoms with E-state index in [9.17, 15) is 0 Å². The smallest absolute Gasteiger partial charge is 0.0348 e. The maximum Gasteiger partial charge on any atom is -0.0348 e. The molecule has 0 heteroatoms. The number of rotatable bonds is 29. The Morgan fingerprint density at radius 3 is 0.974 bits per heavy atom. The quantitative estimate of drug-likeness (QED) is 0.0671. The normalized spacial score (nSPS) is 12.7. The van der Waals surface area contributed by atoms with E-state index in [0.29, 0.717) is 0 Å². The molecule has 0 aliphatic carbocycles. The Labute approximate surface area is 241 Å². The van der Waals surface area contributed by atoms with E-state index in [-0.39, 0.29) is 0 Å². The van der Waals surface area contributed by atoms with Crippen LogP contribution in [0.4, 0.5) is 0 Å². The average molecular weight is 527 g/mol. The van der Waals surface area contributed by atoms with Crippen LogP contribution in [0.5, 0.6) is 0 Å². The van der Waals surface area contributed by atoms with Gasteiger partial charge in [-0.05, 0) is 102 Å². The molecule has 0 aliphatic heterocycles. The van der Waals surface area contributed by atoms with Gasteiger partial charge < -0.3 is 0 Å². The van der Waals surface area contributed by atoms with Crippen LogP contribution in [-0.2, 0) is 0 Å². The fourth-order valence-corrected chi connectivity index (χ4v) is 5.17. The van der Waals surface area contributed by atoms with Crippen LogP contribution in [0.3, 0.4) is 0 Å². The van der Waals surface area contributed by atoms with Crippen molar-refractivity contribution in [2.75, 3.05) is 0 Å². The first-order valence-electron chi connectivity index (χ1n) is 17.3. The summed E-state index contributed by atoms with van der Waals surface area (Å²) in [4.78, 5) is 0. The summed E-state index contributed by atoms with van der Waals surface area (Å²) in [5.41, 5.74) is 0. The predicted molar refractivity (Wildman–Crippen MR) is 177 cm³/mol. The molecule has 0 unspecified atom stereocenters. The Kier molecular flexibility index (Phi) is 31.3. The summed E-state index contributed by atoms with van der Waals surface area (Å²) in [6.45, 7) is 9.40. The number of allylic oxidation sites excluding steroid dienone is 8. The first-order chi connectivity index (χ1) is 18.7. The van der Waals surface area contributed by atoms with E-state index in [2.05, 4.69) is 76.3 Å². The summed E-state index contributed by atoms with van der Waals surface area (Å²) in [6, 6.07) is 0. The third-order valence-electron chi connectivity index (χ3n) is 7.95. The van der Waals surface area contributed by atoms with E-state index in [1.165, 1.54) is 154 Å². The highest BCUT2D eigenvalue weighted by molar-refractivity contribution is 4.88. The molecule has 0 aromatic heterocycles. The second-order valence-corrected chi connectivity index (χ2v) is 12.0. The Morgan fingerprint density at radius 1 is 0.342 bits per heavy atom. The van der Waals surface area contributed by atoms with E-state index in [4.69, 9.17) is 0 Å². The zero-order valence-electron chi connectivity index (χ0n) is 26.7. The molecule has 0 aliphatic rings. The Hall–Kier alpha value is -1.04. The molecule has 0 fully saturated rings. The molecule has 0 heterocycles. The average Bonchev–Trinajstić information content (AvgIpc) is 2.91. The summed E-state index contributed by atoms with van der Waals surface area (Å²) in [7, 11) is 0. The molecule has 0 aromatic carbocycles. The lowest BCUT2D eigenvalue weighted by molar-refractivity contribution is 0.341. The maximum absolute atomic E-state index is 2.45. The van der Waals surface area contributed by atoms with Crippen LogP contribution in [0.2, 0.25) is 0 Å². The van der Waals surface area contributed by atoms with Crippen molar-refractivity contribution in [2.45, 2.75) is 182 Å². The van der Waals surface area contributed by atoms with Gasteiger partial charge in [-0.25, -0.2) is 0 Å². The van der Waals surface area contributed by atoms with Crippen LogP contribution < -0.4 is 0 Å². The molecule has 0 bridgehead atoms. The largest absolute Gasteiger partial charge is 0.0885 e. The Bertz CT molecular complexity index is 500. The van der Waals surface area contributed by atoms with Gasteiger partial charge in [-0.3, -0.25) is 0 Å². The van der Waals surface area contributed by atoms with E-state index < -0.39 is 0 Å². The van der Waals surface area contributed by atoms with Gasteiger partial charge in [0.15, 0.2) is 0 Å². The maximum atomic E-state index is 2.45. The van der Waals surface area contributed by atoms with Crippen molar-refractivity contribution < 1.29 is 0 Å².